The number of nitrogens with zero attached hydrogens (tertiary/aromatic N) is 1. The van der Waals surface area contributed by atoms with Crippen molar-refractivity contribution in [2.24, 2.45) is 17.3 Å². The number of carbonyl (C=O) groups excluding carboxylic acids is 2. The van der Waals surface area contributed by atoms with Gasteiger partial charge in [-0.3, -0.25) is 19.3 Å². The fourth-order valence-electron chi connectivity index (χ4n) is 3.56. The number of likely N-dealkylation sites (tertiary alicyclic amines) is 1. The Morgan fingerprint density at radius 3 is 2.11 bits per heavy atom. The Morgan fingerprint density at radius 2 is 1.72 bits per heavy atom. The highest BCUT2D eigenvalue weighted by Crippen LogP contribution is 2.45. The van der Waals surface area contributed by atoms with Crippen LogP contribution in [0.1, 0.15) is 38.5 Å². The van der Waals surface area contributed by atoms with Crippen LogP contribution in [0.5, 0.6) is 0 Å². The minimum Gasteiger partial charge on any atom is -0.481 e. The summed E-state index contributed by atoms with van der Waals surface area (Å²) in [4.78, 5) is 36.8. The van der Waals surface area contributed by atoms with E-state index in [0.717, 1.165) is 25.7 Å². The van der Waals surface area contributed by atoms with Crippen LogP contribution in [0.25, 0.3) is 0 Å². The molecule has 5 nitrogen and oxygen atoms in total. The van der Waals surface area contributed by atoms with Gasteiger partial charge in [-0.25, -0.2) is 0 Å². The standard InChI is InChI=1S/C13H17NO4/c15-10-8-3-1-4-9(8)11(16)14(10)7-13(12(17)18)5-2-6-13/h8-9H,1-7H2,(H,17,18). The third-order valence-corrected chi connectivity index (χ3v) is 4.91. The maximum atomic E-state index is 12.1. The predicted octanol–water partition coefficient (Wildman–Crippen LogP) is 1.03. The van der Waals surface area contributed by atoms with Gasteiger partial charge in [0.15, 0.2) is 0 Å². The molecule has 0 radical (unpaired) electrons. The maximum absolute atomic E-state index is 12.1. The highest BCUT2D eigenvalue weighted by Gasteiger charge is 2.54. The molecule has 2 aliphatic carbocycles. The number of hydrogen-bond acceptors (Lipinski definition) is 3. The number of hydrogen-bond donors (Lipinski definition) is 1. The van der Waals surface area contributed by atoms with E-state index in [4.69, 9.17) is 0 Å². The zero-order valence-electron chi connectivity index (χ0n) is 10.2. The molecule has 0 bridgehead atoms. The molecule has 0 aromatic carbocycles. The molecule has 2 saturated carbocycles. The van der Waals surface area contributed by atoms with Gasteiger partial charge in [0.25, 0.3) is 0 Å². The van der Waals surface area contributed by atoms with Gasteiger partial charge < -0.3 is 5.11 Å². The van der Waals surface area contributed by atoms with Gasteiger partial charge in [0.1, 0.15) is 0 Å². The van der Waals surface area contributed by atoms with Gasteiger partial charge in [0.05, 0.1) is 17.3 Å². The van der Waals surface area contributed by atoms with Crippen LogP contribution in [0.4, 0.5) is 0 Å². The highest BCUT2D eigenvalue weighted by atomic mass is 16.4. The lowest BCUT2D eigenvalue weighted by Crippen LogP contribution is -2.49. The summed E-state index contributed by atoms with van der Waals surface area (Å²) < 4.78 is 0. The molecule has 2 amide bonds. The van der Waals surface area contributed by atoms with Gasteiger partial charge in [-0.2, -0.15) is 0 Å². The Hall–Kier alpha value is -1.39. The van der Waals surface area contributed by atoms with E-state index in [-0.39, 0.29) is 30.2 Å². The van der Waals surface area contributed by atoms with Crippen LogP contribution in [0.3, 0.4) is 0 Å². The van der Waals surface area contributed by atoms with E-state index in [1.165, 1.54) is 4.90 Å². The lowest BCUT2D eigenvalue weighted by molar-refractivity contribution is -0.159. The molecule has 1 saturated heterocycles. The van der Waals surface area contributed by atoms with E-state index in [0.29, 0.717) is 12.8 Å². The quantitative estimate of drug-likeness (QED) is 0.760. The summed E-state index contributed by atoms with van der Waals surface area (Å²) in [7, 11) is 0. The molecule has 2 unspecified atom stereocenters. The number of carboxylic acids is 1. The van der Waals surface area contributed by atoms with E-state index in [1.807, 2.05) is 0 Å². The van der Waals surface area contributed by atoms with Crippen LogP contribution in [0.15, 0.2) is 0 Å². The van der Waals surface area contributed by atoms with Crippen molar-refractivity contribution in [1.82, 2.24) is 4.90 Å². The Balaban J connectivity index is 1.79. The molecule has 1 N–H and O–H groups in total. The average Bonchev–Trinajstić information content (AvgIpc) is 2.81. The molecule has 2 atom stereocenters. The lowest BCUT2D eigenvalue weighted by atomic mass is 9.68. The van der Waals surface area contributed by atoms with Crippen molar-refractivity contribution in [1.29, 1.82) is 0 Å². The molecule has 5 heteroatoms. The van der Waals surface area contributed by atoms with Gasteiger partial charge in [-0.1, -0.05) is 12.8 Å². The van der Waals surface area contributed by atoms with E-state index < -0.39 is 11.4 Å². The number of carbonyl (C=O) groups is 3. The highest BCUT2D eigenvalue weighted by molar-refractivity contribution is 6.05. The Kier molecular flexibility index (Phi) is 2.47. The molecule has 1 aliphatic heterocycles. The number of imide groups is 1. The number of aliphatic carboxylic acids is 1. The number of rotatable bonds is 3. The van der Waals surface area contributed by atoms with Crippen molar-refractivity contribution in [2.75, 3.05) is 6.54 Å². The Morgan fingerprint density at radius 1 is 1.17 bits per heavy atom. The van der Waals surface area contributed by atoms with E-state index in [2.05, 4.69) is 0 Å². The molecular weight excluding hydrogens is 234 g/mol. The summed E-state index contributed by atoms with van der Waals surface area (Å²) >= 11 is 0. The normalized spacial score (nSPS) is 33.4. The third kappa shape index (κ3) is 1.42. The van der Waals surface area contributed by atoms with Crippen LogP contribution in [-0.2, 0) is 14.4 Å². The molecule has 3 aliphatic rings. The molecular formula is C13H17NO4. The monoisotopic (exact) mass is 251 g/mol. The minimum absolute atomic E-state index is 0.0903. The number of fused-ring (bicyclic) bond motifs is 1. The molecule has 18 heavy (non-hydrogen) atoms. The molecule has 98 valence electrons. The van der Waals surface area contributed by atoms with Gasteiger partial charge in [-0.05, 0) is 25.7 Å². The fourth-order valence-corrected chi connectivity index (χ4v) is 3.56. The largest absolute Gasteiger partial charge is 0.481 e. The third-order valence-electron chi connectivity index (χ3n) is 4.91. The van der Waals surface area contributed by atoms with Crippen molar-refractivity contribution in [2.45, 2.75) is 38.5 Å². The summed E-state index contributed by atoms with van der Waals surface area (Å²) in [5.41, 5.74) is -0.857. The Bertz CT molecular complexity index is 405. The summed E-state index contributed by atoms with van der Waals surface area (Å²) in [6.45, 7) is 0.0903. The van der Waals surface area contributed by atoms with Gasteiger partial charge in [-0.15, -0.1) is 0 Å². The van der Waals surface area contributed by atoms with E-state index in [9.17, 15) is 19.5 Å². The fraction of sp³-hybridized carbons (Fsp3) is 0.769. The van der Waals surface area contributed by atoms with Crippen LogP contribution in [-0.4, -0.2) is 34.3 Å². The van der Waals surface area contributed by atoms with Crippen molar-refractivity contribution >= 4 is 17.8 Å². The zero-order valence-corrected chi connectivity index (χ0v) is 10.2. The van der Waals surface area contributed by atoms with Gasteiger partial charge >= 0.3 is 5.97 Å². The molecule has 0 aromatic heterocycles. The molecule has 0 spiro atoms. The van der Waals surface area contributed by atoms with Crippen LogP contribution in [0, 0.1) is 17.3 Å². The summed E-state index contributed by atoms with van der Waals surface area (Å²) in [5, 5.41) is 9.27. The van der Waals surface area contributed by atoms with E-state index >= 15 is 0 Å². The zero-order chi connectivity index (χ0) is 12.9. The topological polar surface area (TPSA) is 74.7 Å². The van der Waals surface area contributed by atoms with Gasteiger partial charge in [0, 0.05) is 6.54 Å². The number of amides is 2. The first-order valence-corrected chi connectivity index (χ1v) is 6.64. The predicted molar refractivity (Wildman–Crippen MR) is 61.5 cm³/mol. The van der Waals surface area contributed by atoms with Gasteiger partial charge in [0.2, 0.25) is 11.8 Å². The number of carboxylic acid groups (broad SMARTS) is 1. The first kappa shape index (κ1) is 11.7. The molecule has 0 aromatic rings. The molecule has 3 fully saturated rings. The minimum atomic E-state index is -0.869. The van der Waals surface area contributed by atoms with Crippen molar-refractivity contribution in [3.05, 3.63) is 0 Å². The summed E-state index contributed by atoms with van der Waals surface area (Å²) in [6, 6.07) is 0. The molecule has 1 heterocycles. The second kappa shape index (κ2) is 3.80. The van der Waals surface area contributed by atoms with Crippen LogP contribution < -0.4 is 0 Å². The smallest absolute Gasteiger partial charge is 0.311 e. The Labute approximate surface area is 105 Å². The first-order valence-electron chi connectivity index (χ1n) is 6.64. The maximum Gasteiger partial charge on any atom is 0.311 e. The molecule has 3 rings (SSSR count). The second-order valence-corrected chi connectivity index (χ2v) is 5.85. The van der Waals surface area contributed by atoms with E-state index in [1.54, 1.807) is 0 Å². The SMILES string of the molecule is O=C1C2CCCC2C(=O)N1CC1(C(=O)O)CCC1. The lowest BCUT2D eigenvalue weighted by Gasteiger charge is -2.39. The van der Waals surface area contributed by atoms with Crippen molar-refractivity contribution in [3.8, 4) is 0 Å². The van der Waals surface area contributed by atoms with Crippen LogP contribution in [0.2, 0.25) is 0 Å². The first-order chi connectivity index (χ1) is 8.55. The average molecular weight is 251 g/mol. The van der Waals surface area contributed by atoms with Crippen LogP contribution >= 0.6 is 0 Å². The summed E-state index contributed by atoms with van der Waals surface area (Å²) in [5.74, 6) is -1.46. The van der Waals surface area contributed by atoms with Crippen molar-refractivity contribution in [3.63, 3.8) is 0 Å². The second-order valence-electron chi connectivity index (χ2n) is 5.85. The summed E-state index contributed by atoms with van der Waals surface area (Å²) in [6.07, 6.45) is 4.53. The van der Waals surface area contributed by atoms with Crippen molar-refractivity contribution < 1.29 is 19.5 Å².